The minimum Gasteiger partial charge on any atom is -0.494 e. The molecule has 0 aliphatic carbocycles. The summed E-state index contributed by atoms with van der Waals surface area (Å²) in [5.74, 6) is 0.859. The number of hydrogen-bond donors (Lipinski definition) is 1. The first kappa shape index (κ1) is 15.3. The van der Waals surface area contributed by atoms with E-state index >= 15 is 0 Å². The van der Waals surface area contributed by atoms with Crippen LogP contribution in [-0.4, -0.2) is 49.5 Å². The highest BCUT2D eigenvalue weighted by atomic mass is 16.5. The SMILES string of the molecule is CCCOc1ccc([C@](C)(O)CN2CCOCC2)cc1. The molecule has 1 aliphatic rings. The Labute approximate surface area is 121 Å². The highest BCUT2D eigenvalue weighted by Crippen LogP contribution is 2.24. The van der Waals surface area contributed by atoms with Crippen LogP contribution in [0, 0.1) is 0 Å². The Hall–Kier alpha value is -1.10. The van der Waals surface area contributed by atoms with Crippen molar-refractivity contribution in [2.24, 2.45) is 0 Å². The third-order valence-corrected chi connectivity index (χ3v) is 3.58. The molecule has 1 heterocycles. The summed E-state index contributed by atoms with van der Waals surface area (Å²) in [6, 6.07) is 7.76. The Morgan fingerprint density at radius 2 is 1.90 bits per heavy atom. The minimum atomic E-state index is -0.847. The van der Waals surface area contributed by atoms with Gasteiger partial charge in [-0.3, -0.25) is 4.90 Å². The number of morpholine rings is 1. The highest BCUT2D eigenvalue weighted by Gasteiger charge is 2.27. The van der Waals surface area contributed by atoms with Gasteiger partial charge in [0, 0.05) is 19.6 Å². The van der Waals surface area contributed by atoms with E-state index in [1.54, 1.807) is 0 Å². The average molecular weight is 279 g/mol. The Morgan fingerprint density at radius 1 is 1.25 bits per heavy atom. The minimum absolute atomic E-state index is 0.630. The zero-order valence-corrected chi connectivity index (χ0v) is 12.5. The van der Waals surface area contributed by atoms with E-state index < -0.39 is 5.60 Å². The molecule has 0 spiro atoms. The number of β-amino-alcohol motifs (C(OH)–C–C–N with tert-alkyl or cyclic N) is 1. The molecule has 1 atom stereocenters. The second-order valence-corrected chi connectivity index (χ2v) is 5.54. The molecule has 1 saturated heterocycles. The predicted octanol–water partition coefficient (Wildman–Crippen LogP) is 2.02. The zero-order valence-electron chi connectivity index (χ0n) is 12.5. The fraction of sp³-hybridized carbons (Fsp3) is 0.625. The fourth-order valence-corrected chi connectivity index (χ4v) is 2.42. The van der Waals surface area contributed by atoms with E-state index in [2.05, 4.69) is 11.8 Å². The van der Waals surface area contributed by atoms with Gasteiger partial charge in [-0.1, -0.05) is 19.1 Å². The van der Waals surface area contributed by atoms with Gasteiger partial charge in [-0.2, -0.15) is 0 Å². The van der Waals surface area contributed by atoms with Gasteiger partial charge in [0.25, 0.3) is 0 Å². The lowest BCUT2D eigenvalue weighted by atomic mass is 9.95. The van der Waals surface area contributed by atoms with Crippen LogP contribution in [0.2, 0.25) is 0 Å². The average Bonchev–Trinajstić information content (AvgIpc) is 2.46. The topological polar surface area (TPSA) is 41.9 Å². The molecular formula is C16H25NO3. The van der Waals surface area contributed by atoms with E-state index in [0.717, 1.165) is 50.6 Å². The molecular weight excluding hydrogens is 254 g/mol. The first-order valence-corrected chi connectivity index (χ1v) is 7.37. The first-order valence-electron chi connectivity index (χ1n) is 7.37. The van der Waals surface area contributed by atoms with Crippen molar-refractivity contribution in [2.45, 2.75) is 25.9 Å². The molecule has 1 aromatic carbocycles. The Morgan fingerprint density at radius 3 is 2.50 bits per heavy atom. The van der Waals surface area contributed by atoms with Gasteiger partial charge in [-0.15, -0.1) is 0 Å². The maximum absolute atomic E-state index is 10.7. The molecule has 4 nitrogen and oxygen atoms in total. The molecule has 0 saturated carbocycles. The van der Waals surface area contributed by atoms with Crippen LogP contribution in [0.3, 0.4) is 0 Å². The van der Waals surface area contributed by atoms with Crippen LogP contribution in [0.1, 0.15) is 25.8 Å². The fourth-order valence-electron chi connectivity index (χ4n) is 2.42. The zero-order chi connectivity index (χ0) is 14.4. The highest BCUT2D eigenvalue weighted by molar-refractivity contribution is 5.30. The molecule has 1 N–H and O–H groups in total. The molecule has 112 valence electrons. The van der Waals surface area contributed by atoms with Crippen molar-refractivity contribution >= 4 is 0 Å². The van der Waals surface area contributed by atoms with E-state index in [0.29, 0.717) is 6.54 Å². The summed E-state index contributed by atoms with van der Waals surface area (Å²) >= 11 is 0. The summed E-state index contributed by atoms with van der Waals surface area (Å²) in [5.41, 5.74) is 0.0773. The van der Waals surface area contributed by atoms with E-state index in [1.165, 1.54) is 0 Å². The van der Waals surface area contributed by atoms with Crippen molar-refractivity contribution in [3.8, 4) is 5.75 Å². The molecule has 20 heavy (non-hydrogen) atoms. The molecule has 1 fully saturated rings. The summed E-state index contributed by atoms with van der Waals surface area (Å²) in [5, 5.41) is 10.7. The van der Waals surface area contributed by atoms with Crippen molar-refractivity contribution in [2.75, 3.05) is 39.5 Å². The lowest BCUT2D eigenvalue weighted by Crippen LogP contribution is -2.44. The summed E-state index contributed by atoms with van der Waals surface area (Å²) in [7, 11) is 0. The number of ether oxygens (including phenoxy) is 2. The van der Waals surface area contributed by atoms with Crippen LogP contribution in [-0.2, 0) is 10.3 Å². The van der Waals surface area contributed by atoms with Crippen molar-refractivity contribution in [3.63, 3.8) is 0 Å². The summed E-state index contributed by atoms with van der Waals surface area (Å²) in [6.45, 7) is 8.57. The molecule has 0 unspecified atom stereocenters. The molecule has 0 bridgehead atoms. The van der Waals surface area contributed by atoms with Gasteiger partial charge in [0.05, 0.1) is 25.4 Å². The van der Waals surface area contributed by atoms with Crippen LogP contribution in [0.25, 0.3) is 0 Å². The second-order valence-electron chi connectivity index (χ2n) is 5.54. The van der Waals surface area contributed by atoms with Crippen molar-refractivity contribution < 1.29 is 14.6 Å². The van der Waals surface area contributed by atoms with E-state index in [9.17, 15) is 5.11 Å². The van der Waals surface area contributed by atoms with Crippen LogP contribution >= 0.6 is 0 Å². The van der Waals surface area contributed by atoms with Gasteiger partial charge in [0.1, 0.15) is 5.75 Å². The van der Waals surface area contributed by atoms with Gasteiger partial charge >= 0.3 is 0 Å². The van der Waals surface area contributed by atoms with E-state index in [-0.39, 0.29) is 0 Å². The second kappa shape index (κ2) is 7.07. The quantitative estimate of drug-likeness (QED) is 0.865. The smallest absolute Gasteiger partial charge is 0.119 e. The number of hydrogen-bond acceptors (Lipinski definition) is 4. The van der Waals surface area contributed by atoms with Crippen LogP contribution in [0.15, 0.2) is 24.3 Å². The van der Waals surface area contributed by atoms with Crippen molar-refractivity contribution in [1.29, 1.82) is 0 Å². The number of aliphatic hydroxyl groups is 1. The molecule has 0 amide bonds. The third-order valence-electron chi connectivity index (χ3n) is 3.58. The molecule has 0 radical (unpaired) electrons. The molecule has 1 aromatic rings. The van der Waals surface area contributed by atoms with Crippen LogP contribution < -0.4 is 4.74 Å². The Balaban J connectivity index is 1.96. The summed E-state index contributed by atoms with van der Waals surface area (Å²) < 4.78 is 10.9. The van der Waals surface area contributed by atoms with E-state index in [4.69, 9.17) is 9.47 Å². The van der Waals surface area contributed by atoms with E-state index in [1.807, 2.05) is 31.2 Å². The van der Waals surface area contributed by atoms with Gasteiger partial charge in [0.2, 0.25) is 0 Å². The molecule has 2 rings (SSSR count). The van der Waals surface area contributed by atoms with Crippen molar-refractivity contribution in [3.05, 3.63) is 29.8 Å². The molecule has 1 aliphatic heterocycles. The maximum Gasteiger partial charge on any atom is 0.119 e. The number of nitrogens with zero attached hydrogens (tertiary/aromatic N) is 1. The van der Waals surface area contributed by atoms with Crippen molar-refractivity contribution in [1.82, 2.24) is 4.90 Å². The van der Waals surface area contributed by atoms with Gasteiger partial charge < -0.3 is 14.6 Å². The van der Waals surface area contributed by atoms with Crippen LogP contribution in [0.4, 0.5) is 0 Å². The number of rotatable bonds is 6. The lowest BCUT2D eigenvalue weighted by Gasteiger charge is -2.34. The van der Waals surface area contributed by atoms with Gasteiger partial charge in [-0.25, -0.2) is 0 Å². The standard InChI is InChI=1S/C16H25NO3/c1-3-10-20-15-6-4-14(5-7-15)16(2,18)13-17-8-11-19-12-9-17/h4-7,18H,3,8-13H2,1-2H3/t16-/m1/s1. The summed E-state index contributed by atoms with van der Waals surface area (Å²) in [6.07, 6.45) is 0.997. The van der Waals surface area contributed by atoms with Gasteiger partial charge in [-0.05, 0) is 31.0 Å². The lowest BCUT2D eigenvalue weighted by molar-refractivity contribution is -0.0254. The largest absolute Gasteiger partial charge is 0.494 e. The summed E-state index contributed by atoms with van der Waals surface area (Å²) in [4.78, 5) is 2.24. The van der Waals surface area contributed by atoms with Gasteiger partial charge in [0.15, 0.2) is 0 Å². The normalized spacial score (nSPS) is 19.6. The Kier molecular flexibility index (Phi) is 5.40. The monoisotopic (exact) mass is 279 g/mol. The molecule has 4 heteroatoms. The predicted molar refractivity (Wildman–Crippen MR) is 79.1 cm³/mol. The number of benzene rings is 1. The Bertz CT molecular complexity index is 397. The third kappa shape index (κ3) is 4.20. The maximum atomic E-state index is 10.7. The molecule has 0 aromatic heterocycles. The first-order chi connectivity index (χ1) is 9.62. The van der Waals surface area contributed by atoms with Crippen LogP contribution in [0.5, 0.6) is 5.75 Å².